The van der Waals surface area contributed by atoms with E-state index in [1.807, 2.05) is 37.3 Å². The van der Waals surface area contributed by atoms with Crippen LogP contribution in [0.2, 0.25) is 0 Å². The van der Waals surface area contributed by atoms with Crippen molar-refractivity contribution in [1.29, 1.82) is 0 Å². The lowest BCUT2D eigenvalue weighted by atomic mass is 10.1. The van der Waals surface area contributed by atoms with Gasteiger partial charge in [0.05, 0.1) is 12.1 Å². The van der Waals surface area contributed by atoms with Crippen molar-refractivity contribution >= 4 is 5.91 Å². The summed E-state index contributed by atoms with van der Waals surface area (Å²) in [5.74, 6) is 0.00243. The Labute approximate surface area is 149 Å². The van der Waals surface area contributed by atoms with Crippen molar-refractivity contribution in [3.8, 4) is 11.5 Å². The number of pyridine rings is 1. The van der Waals surface area contributed by atoms with Crippen LogP contribution < -0.4 is 0 Å². The molecule has 6 nitrogen and oxygen atoms in total. The van der Waals surface area contributed by atoms with Crippen LogP contribution in [0.5, 0.6) is 0 Å². The van der Waals surface area contributed by atoms with Crippen molar-refractivity contribution in [2.45, 2.75) is 19.0 Å². The highest BCUT2D eigenvalue weighted by atomic mass is 19.1. The van der Waals surface area contributed by atoms with Gasteiger partial charge in [0.15, 0.2) is 5.67 Å². The molecule has 0 radical (unpaired) electrons. The molecule has 0 saturated carbocycles. The van der Waals surface area contributed by atoms with E-state index in [0.29, 0.717) is 12.1 Å². The summed E-state index contributed by atoms with van der Waals surface area (Å²) in [6.45, 7) is 2.03. The van der Waals surface area contributed by atoms with Gasteiger partial charge in [-0.2, -0.15) is 4.98 Å². The normalized spacial score (nSPS) is 19.7. The van der Waals surface area contributed by atoms with E-state index in [1.54, 1.807) is 12.1 Å². The van der Waals surface area contributed by atoms with E-state index in [-0.39, 0.29) is 30.6 Å². The molecule has 3 heterocycles. The van der Waals surface area contributed by atoms with Crippen LogP contribution >= 0.6 is 0 Å². The number of halogens is 1. The summed E-state index contributed by atoms with van der Waals surface area (Å²) in [6, 6.07) is 12.7. The van der Waals surface area contributed by atoms with Crippen LogP contribution in [-0.2, 0) is 5.67 Å². The van der Waals surface area contributed by atoms with E-state index in [1.165, 1.54) is 11.1 Å². The molecule has 2 aromatic heterocycles. The Morgan fingerprint density at radius 2 is 2.04 bits per heavy atom. The molecule has 4 rings (SSSR count). The lowest BCUT2D eigenvalue weighted by Crippen LogP contribution is -2.32. The van der Waals surface area contributed by atoms with Gasteiger partial charge in [0.2, 0.25) is 5.82 Å². The molecular weight excluding hydrogens is 335 g/mol. The third-order valence-electron chi connectivity index (χ3n) is 4.51. The number of amides is 1. The van der Waals surface area contributed by atoms with Crippen LogP contribution in [0.1, 0.15) is 28.3 Å². The van der Waals surface area contributed by atoms with E-state index in [9.17, 15) is 4.79 Å². The number of aromatic nitrogens is 3. The maximum Gasteiger partial charge on any atom is 0.258 e. The Kier molecular flexibility index (Phi) is 3.99. The van der Waals surface area contributed by atoms with Gasteiger partial charge in [-0.1, -0.05) is 23.4 Å². The average Bonchev–Trinajstić information content (AvgIpc) is 3.31. The second-order valence-corrected chi connectivity index (χ2v) is 6.42. The Balaban J connectivity index is 1.53. The molecular formula is C19H17FN4O2. The molecule has 1 unspecified atom stereocenters. The van der Waals surface area contributed by atoms with E-state index in [4.69, 9.17) is 4.52 Å². The molecule has 1 fully saturated rings. The summed E-state index contributed by atoms with van der Waals surface area (Å²) in [5, 5.41) is 3.81. The third-order valence-corrected chi connectivity index (χ3v) is 4.51. The van der Waals surface area contributed by atoms with E-state index < -0.39 is 5.67 Å². The van der Waals surface area contributed by atoms with Crippen molar-refractivity contribution in [1.82, 2.24) is 20.0 Å². The summed E-state index contributed by atoms with van der Waals surface area (Å²) in [5.41, 5.74) is 0.178. The quantitative estimate of drug-likeness (QED) is 0.724. The topological polar surface area (TPSA) is 72.1 Å². The number of nitrogens with zero attached hydrogens (tertiary/aromatic N) is 4. The van der Waals surface area contributed by atoms with Crippen LogP contribution in [0.3, 0.4) is 0 Å². The van der Waals surface area contributed by atoms with E-state index >= 15 is 4.39 Å². The van der Waals surface area contributed by atoms with Gasteiger partial charge in [0.1, 0.15) is 0 Å². The van der Waals surface area contributed by atoms with Crippen LogP contribution in [0.15, 0.2) is 53.2 Å². The number of hydrogen-bond donors (Lipinski definition) is 0. The molecule has 1 aliphatic rings. The van der Waals surface area contributed by atoms with Crippen LogP contribution in [0.4, 0.5) is 4.39 Å². The van der Waals surface area contributed by atoms with Gasteiger partial charge >= 0.3 is 0 Å². The molecule has 132 valence electrons. The fraction of sp³-hybridized carbons (Fsp3) is 0.263. The number of likely N-dealkylation sites (tertiary alicyclic amines) is 1. The summed E-state index contributed by atoms with van der Waals surface area (Å²) in [6.07, 6.45) is 1.64. The maximum absolute atomic E-state index is 15.4. The Bertz CT molecular complexity index is 926. The highest BCUT2D eigenvalue weighted by molar-refractivity contribution is 5.94. The third kappa shape index (κ3) is 2.96. The number of aryl methyl sites for hydroxylation is 1. The van der Waals surface area contributed by atoms with Crippen molar-refractivity contribution < 1.29 is 13.7 Å². The molecule has 0 bridgehead atoms. The monoisotopic (exact) mass is 352 g/mol. The Morgan fingerprint density at radius 3 is 2.77 bits per heavy atom. The van der Waals surface area contributed by atoms with Gasteiger partial charge in [-0.15, -0.1) is 0 Å². The zero-order valence-electron chi connectivity index (χ0n) is 14.2. The molecule has 3 aromatic rings. The van der Waals surface area contributed by atoms with Gasteiger partial charge in [-0.05, 0) is 31.2 Å². The molecule has 1 aromatic carbocycles. The molecule has 26 heavy (non-hydrogen) atoms. The van der Waals surface area contributed by atoms with Crippen LogP contribution in [-0.4, -0.2) is 39.0 Å². The molecule has 1 saturated heterocycles. The van der Waals surface area contributed by atoms with Gasteiger partial charge in [-0.3, -0.25) is 9.78 Å². The van der Waals surface area contributed by atoms with Gasteiger partial charge in [0, 0.05) is 30.4 Å². The largest absolute Gasteiger partial charge is 0.335 e. The minimum absolute atomic E-state index is 0.0197. The lowest BCUT2D eigenvalue weighted by molar-refractivity contribution is 0.0742. The fourth-order valence-electron chi connectivity index (χ4n) is 3.01. The minimum Gasteiger partial charge on any atom is -0.335 e. The Morgan fingerprint density at radius 1 is 1.23 bits per heavy atom. The molecule has 1 atom stereocenters. The molecule has 0 aliphatic carbocycles. The van der Waals surface area contributed by atoms with Gasteiger partial charge in [0.25, 0.3) is 11.8 Å². The molecule has 0 spiro atoms. The minimum atomic E-state index is -1.82. The molecule has 0 N–H and O–H groups in total. The van der Waals surface area contributed by atoms with Crippen LogP contribution in [0, 0.1) is 6.92 Å². The highest BCUT2D eigenvalue weighted by Crippen LogP contribution is 2.35. The number of rotatable bonds is 3. The summed E-state index contributed by atoms with van der Waals surface area (Å²) in [7, 11) is 0. The van der Waals surface area contributed by atoms with Crippen LogP contribution in [0.25, 0.3) is 11.5 Å². The molecule has 1 amide bonds. The number of alkyl halides is 1. The summed E-state index contributed by atoms with van der Waals surface area (Å²) >= 11 is 0. The smallest absolute Gasteiger partial charge is 0.258 e. The zero-order chi connectivity index (χ0) is 18.1. The summed E-state index contributed by atoms with van der Waals surface area (Å²) in [4.78, 5) is 22.4. The van der Waals surface area contributed by atoms with E-state index in [2.05, 4.69) is 15.1 Å². The predicted octanol–water partition coefficient (Wildman–Crippen LogP) is 3.15. The van der Waals surface area contributed by atoms with Gasteiger partial charge < -0.3 is 9.42 Å². The lowest BCUT2D eigenvalue weighted by Gasteiger charge is -2.18. The SMILES string of the molecule is Cc1ccc(C(=O)N2CCC(F)(c3noc(-c4ccccc4)n3)C2)cn1. The second kappa shape index (κ2) is 6.33. The van der Waals surface area contributed by atoms with E-state index in [0.717, 1.165) is 11.3 Å². The van der Waals surface area contributed by atoms with Crippen molar-refractivity contribution in [2.75, 3.05) is 13.1 Å². The highest BCUT2D eigenvalue weighted by Gasteiger charge is 2.45. The van der Waals surface area contributed by atoms with Crippen molar-refractivity contribution in [2.24, 2.45) is 0 Å². The van der Waals surface area contributed by atoms with Crippen molar-refractivity contribution in [3.05, 3.63) is 65.7 Å². The predicted molar refractivity (Wildman–Crippen MR) is 92.0 cm³/mol. The van der Waals surface area contributed by atoms with Gasteiger partial charge in [-0.25, -0.2) is 4.39 Å². The molecule has 1 aliphatic heterocycles. The standard InChI is InChI=1S/C19H17FN4O2/c1-13-7-8-15(11-21-13)17(25)24-10-9-19(20,12-24)18-22-16(26-23-18)14-5-3-2-4-6-14/h2-8,11H,9-10,12H2,1H3. The first-order chi connectivity index (χ1) is 12.5. The second-order valence-electron chi connectivity index (χ2n) is 6.42. The average molecular weight is 352 g/mol. The number of carbonyl (C=O) groups is 1. The number of carbonyl (C=O) groups excluding carboxylic acids is 1. The zero-order valence-corrected chi connectivity index (χ0v) is 14.2. The fourth-order valence-corrected chi connectivity index (χ4v) is 3.01. The first kappa shape index (κ1) is 16.4. The summed E-state index contributed by atoms with van der Waals surface area (Å²) < 4.78 is 20.6. The maximum atomic E-state index is 15.4. The molecule has 7 heteroatoms. The first-order valence-electron chi connectivity index (χ1n) is 8.36. The first-order valence-corrected chi connectivity index (χ1v) is 8.36. The number of hydrogen-bond acceptors (Lipinski definition) is 5. The Hall–Kier alpha value is -3.09. The van der Waals surface area contributed by atoms with Crippen molar-refractivity contribution in [3.63, 3.8) is 0 Å². The number of benzene rings is 1.